The van der Waals surface area contributed by atoms with Gasteiger partial charge in [0.25, 0.3) is 0 Å². The van der Waals surface area contributed by atoms with Gasteiger partial charge >= 0.3 is 0 Å². The molecule has 2 aromatic heterocycles. The predicted octanol–water partition coefficient (Wildman–Crippen LogP) is 3.59. The van der Waals surface area contributed by atoms with E-state index in [1.54, 1.807) is 12.7 Å². The van der Waals surface area contributed by atoms with Crippen molar-refractivity contribution < 1.29 is 0 Å². The van der Waals surface area contributed by atoms with Crippen molar-refractivity contribution in [1.82, 2.24) is 30.0 Å². The molecule has 0 saturated carbocycles. The van der Waals surface area contributed by atoms with Crippen molar-refractivity contribution in [3.05, 3.63) is 78.0 Å². The Hall–Kier alpha value is -3.47. The summed E-state index contributed by atoms with van der Waals surface area (Å²) in [6.07, 6.45) is 6.70. The molecule has 7 nitrogen and oxygen atoms in total. The van der Waals surface area contributed by atoms with E-state index >= 15 is 0 Å². The number of fused-ring (bicyclic) bond motifs is 1. The van der Waals surface area contributed by atoms with Gasteiger partial charge in [0.05, 0.1) is 11.6 Å². The highest BCUT2D eigenvalue weighted by molar-refractivity contribution is 5.85. The van der Waals surface area contributed by atoms with Crippen molar-refractivity contribution in [2.45, 2.75) is 31.8 Å². The van der Waals surface area contributed by atoms with Crippen LogP contribution in [0.1, 0.15) is 36.0 Å². The second kappa shape index (κ2) is 8.95. The van der Waals surface area contributed by atoms with E-state index in [-0.39, 0.29) is 0 Å². The van der Waals surface area contributed by atoms with Gasteiger partial charge in [-0.15, -0.1) is 10.2 Å². The molecule has 0 radical (unpaired) electrons. The van der Waals surface area contributed by atoms with Gasteiger partial charge in [0, 0.05) is 60.9 Å². The molecule has 162 valence electrons. The molecule has 0 spiro atoms. The van der Waals surface area contributed by atoms with E-state index < -0.39 is 0 Å². The lowest BCUT2D eigenvalue weighted by Gasteiger charge is -2.40. The molecule has 0 aliphatic carbocycles. The smallest absolute Gasteiger partial charge is 0.123 e. The first kappa shape index (κ1) is 20.4. The number of rotatable bonds is 6. The summed E-state index contributed by atoms with van der Waals surface area (Å²) in [6, 6.07) is 17.0. The maximum absolute atomic E-state index is 9.09. The van der Waals surface area contributed by atoms with Crippen LogP contribution in [-0.2, 0) is 6.54 Å². The lowest BCUT2D eigenvalue weighted by atomic mass is 9.86. The van der Waals surface area contributed by atoms with Gasteiger partial charge in [-0.1, -0.05) is 19.1 Å². The maximum Gasteiger partial charge on any atom is 0.123 e. The zero-order valence-electron chi connectivity index (χ0n) is 18.2. The minimum atomic E-state index is 0.391. The first-order chi connectivity index (χ1) is 15.8. The highest BCUT2D eigenvalue weighted by Gasteiger charge is 2.31. The van der Waals surface area contributed by atoms with E-state index in [4.69, 9.17) is 5.26 Å². The van der Waals surface area contributed by atoms with Gasteiger partial charge in [-0.25, -0.2) is 0 Å². The SMILES string of the molecule is CCC(c1c[nH]c2ccc(-n3cnnc3)cc12)C1CNCCN1Cc1ccc(C#N)cc1. The second-order valence-electron chi connectivity index (χ2n) is 8.41. The third kappa shape index (κ3) is 3.91. The molecule has 2 atom stereocenters. The van der Waals surface area contributed by atoms with E-state index in [0.717, 1.165) is 43.8 Å². The topological polar surface area (TPSA) is 85.6 Å². The molecule has 3 heterocycles. The Balaban J connectivity index is 1.46. The Morgan fingerprint density at radius 2 is 1.97 bits per heavy atom. The second-order valence-corrected chi connectivity index (χ2v) is 8.41. The van der Waals surface area contributed by atoms with E-state index in [0.29, 0.717) is 17.5 Å². The third-order valence-corrected chi connectivity index (χ3v) is 6.58. The van der Waals surface area contributed by atoms with Gasteiger partial charge in [-0.05, 0) is 47.9 Å². The highest BCUT2D eigenvalue weighted by atomic mass is 15.2. The van der Waals surface area contributed by atoms with Crippen LogP contribution in [0.25, 0.3) is 16.6 Å². The molecular weight excluding hydrogens is 398 g/mol. The van der Waals surface area contributed by atoms with Gasteiger partial charge in [0.2, 0.25) is 0 Å². The van der Waals surface area contributed by atoms with Crippen LogP contribution < -0.4 is 5.32 Å². The minimum Gasteiger partial charge on any atom is -0.361 e. The molecule has 2 aromatic carbocycles. The molecule has 7 heteroatoms. The third-order valence-electron chi connectivity index (χ3n) is 6.58. The van der Waals surface area contributed by atoms with Crippen LogP contribution in [0.15, 0.2) is 61.3 Å². The van der Waals surface area contributed by atoms with E-state index in [2.05, 4.69) is 74.9 Å². The van der Waals surface area contributed by atoms with Gasteiger partial charge in [0.15, 0.2) is 0 Å². The number of aromatic nitrogens is 4. The Kier molecular flexibility index (Phi) is 5.71. The fourth-order valence-electron chi connectivity index (χ4n) is 4.91. The summed E-state index contributed by atoms with van der Waals surface area (Å²) in [4.78, 5) is 6.07. The number of nitrogens with zero attached hydrogens (tertiary/aromatic N) is 5. The molecule has 1 aliphatic rings. The molecule has 1 aliphatic heterocycles. The molecule has 0 amide bonds. The Morgan fingerprint density at radius 1 is 1.16 bits per heavy atom. The van der Waals surface area contributed by atoms with Crippen molar-refractivity contribution in [2.75, 3.05) is 19.6 Å². The largest absolute Gasteiger partial charge is 0.361 e. The van der Waals surface area contributed by atoms with Crippen molar-refractivity contribution in [3.63, 3.8) is 0 Å². The minimum absolute atomic E-state index is 0.391. The Bertz CT molecular complexity index is 1220. The Morgan fingerprint density at radius 3 is 2.72 bits per heavy atom. The first-order valence-electron chi connectivity index (χ1n) is 11.2. The van der Waals surface area contributed by atoms with Crippen LogP contribution in [-0.4, -0.2) is 50.3 Å². The predicted molar refractivity (Wildman–Crippen MR) is 124 cm³/mol. The number of hydrogen-bond acceptors (Lipinski definition) is 5. The molecule has 0 bridgehead atoms. The van der Waals surface area contributed by atoms with Crippen molar-refractivity contribution in [3.8, 4) is 11.8 Å². The summed E-state index contributed by atoms with van der Waals surface area (Å²) in [5.74, 6) is 0.395. The van der Waals surface area contributed by atoms with Crippen molar-refractivity contribution in [1.29, 1.82) is 5.26 Å². The average Bonchev–Trinajstić information content (AvgIpc) is 3.52. The van der Waals surface area contributed by atoms with Crippen LogP contribution >= 0.6 is 0 Å². The summed E-state index contributed by atoms with van der Waals surface area (Å²) in [7, 11) is 0. The van der Waals surface area contributed by atoms with Crippen molar-refractivity contribution in [2.24, 2.45) is 0 Å². The molecular formula is C25H27N7. The first-order valence-corrected chi connectivity index (χ1v) is 11.2. The fraction of sp³-hybridized carbons (Fsp3) is 0.320. The Labute approximate surface area is 187 Å². The fourth-order valence-corrected chi connectivity index (χ4v) is 4.91. The van der Waals surface area contributed by atoms with Crippen LogP contribution in [0.3, 0.4) is 0 Å². The summed E-state index contributed by atoms with van der Waals surface area (Å²) in [5.41, 5.74) is 5.53. The number of benzene rings is 2. The zero-order chi connectivity index (χ0) is 21.9. The number of hydrogen-bond donors (Lipinski definition) is 2. The zero-order valence-corrected chi connectivity index (χ0v) is 18.2. The average molecular weight is 426 g/mol. The van der Waals surface area contributed by atoms with Gasteiger partial charge in [-0.3, -0.25) is 9.47 Å². The lowest BCUT2D eigenvalue weighted by Crippen LogP contribution is -2.53. The summed E-state index contributed by atoms with van der Waals surface area (Å²) < 4.78 is 1.94. The van der Waals surface area contributed by atoms with Crippen LogP contribution in [0.4, 0.5) is 0 Å². The quantitative estimate of drug-likeness (QED) is 0.493. The molecule has 4 aromatic rings. The van der Waals surface area contributed by atoms with Crippen LogP contribution in [0.5, 0.6) is 0 Å². The number of H-pyrrole nitrogens is 1. The number of nitrogens with one attached hydrogen (secondary N) is 2. The standard InChI is InChI=1S/C25H27N7/c1-2-21(23-13-28-24-8-7-20(11-22(23)24)32-16-29-30-17-32)25-14-27-9-10-31(25)15-19-5-3-18(12-26)4-6-19/h3-8,11,13,16-17,21,25,27-28H,2,9-10,14-15H2,1H3. The van der Waals surface area contributed by atoms with Gasteiger partial charge in [0.1, 0.15) is 12.7 Å². The molecule has 2 unspecified atom stereocenters. The van der Waals surface area contributed by atoms with Gasteiger partial charge < -0.3 is 10.3 Å². The number of piperazine rings is 1. The molecule has 2 N–H and O–H groups in total. The molecule has 32 heavy (non-hydrogen) atoms. The number of aromatic amines is 1. The molecule has 1 fully saturated rings. The van der Waals surface area contributed by atoms with Gasteiger partial charge in [-0.2, -0.15) is 5.26 Å². The lowest BCUT2D eigenvalue weighted by molar-refractivity contribution is 0.128. The molecule has 1 saturated heterocycles. The maximum atomic E-state index is 9.09. The highest BCUT2D eigenvalue weighted by Crippen LogP contribution is 2.34. The van der Waals surface area contributed by atoms with Crippen molar-refractivity contribution >= 4 is 10.9 Å². The van der Waals surface area contributed by atoms with E-state index in [9.17, 15) is 0 Å². The molecule has 5 rings (SSSR count). The van der Waals surface area contributed by atoms with Crippen LogP contribution in [0, 0.1) is 11.3 Å². The normalized spacial score (nSPS) is 17.9. The number of nitriles is 1. The van der Waals surface area contributed by atoms with E-state index in [1.165, 1.54) is 16.5 Å². The summed E-state index contributed by atoms with van der Waals surface area (Å²) >= 11 is 0. The summed E-state index contributed by atoms with van der Waals surface area (Å²) in [5, 5.41) is 21.8. The monoisotopic (exact) mass is 425 g/mol. The summed E-state index contributed by atoms with van der Waals surface area (Å²) in [6.45, 7) is 6.14. The van der Waals surface area contributed by atoms with E-state index in [1.807, 2.05) is 16.7 Å². The van der Waals surface area contributed by atoms with Crippen LogP contribution in [0.2, 0.25) is 0 Å².